The molecule has 3 aromatic rings. The van der Waals surface area contributed by atoms with E-state index >= 15 is 0 Å². The molecular weight excluding hydrogens is 342 g/mol. The number of fused-ring (bicyclic) bond motifs is 1. The maximum Gasteiger partial charge on any atom is 0.347 e. The number of hydrogen-bond acceptors (Lipinski definition) is 6. The van der Waals surface area contributed by atoms with E-state index in [1.165, 1.54) is 22.3 Å². The molecule has 3 heterocycles. The third-order valence-corrected chi connectivity index (χ3v) is 4.76. The zero-order chi connectivity index (χ0) is 18.1. The number of pyridine rings is 1. The Morgan fingerprint density at radius 2 is 2.20 bits per heavy atom. The van der Waals surface area contributed by atoms with Crippen LogP contribution in [0.3, 0.4) is 0 Å². The number of thiophene rings is 1. The second-order valence-electron chi connectivity index (χ2n) is 5.39. The number of carbonyl (C=O) groups excluding carboxylic acids is 1. The molecule has 0 unspecified atom stereocenters. The Morgan fingerprint density at radius 3 is 2.88 bits per heavy atom. The second-order valence-corrected chi connectivity index (χ2v) is 6.45. The highest BCUT2D eigenvalue weighted by Crippen LogP contribution is 2.32. The molecule has 0 atom stereocenters. The van der Waals surface area contributed by atoms with Gasteiger partial charge in [0.1, 0.15) is 16.3 Å². The zero-order valence-corrected chi connectivity index (χ0v) is 14.4. The fourth-order valence-electron chi connectivity index (χ4n) is 2.18. The van der Waals surface area contributed by atoms with Crippen molar-refractivity contribution >= 4 is 44.1 Å². The van der Waals surface area contributed by atoms with Crippen molar-refractivity contribution in [2.75, 3.05) is 17.3 Å². The van der Waals surface area contributed by atoms with Crippen LogP contribution >= 0.6 is 11.3 Å². The first-order valence-electron chi connectivity index (χ1n) is 7.28. The average Bonchev–Trinajstić information content (AvgIpc) is 2.97. The molecule has 25 heavy (non-hydrogen) atoms. The lowest BCUT2D eigenvalue weighted by Gasteiger charge is -2.16. The van der Waals surface area contributed by atoms with Gasteiger partial charge in [-0.2, -0.15) is 0 Å². The predicted molar refractivity (Wildman–Crippen MR) is 98.4 cm³/mol. The van der Waals surface area contributed by atoms with Gasteiger partial charge in [-0.1, -0.05) is 6.58 Å². The van der Waals surface area contributed by atoms with Crippen molar-refractivity contribution in [2.24, 2.45) is 0 Å². The highest BCUT2D eigenvalue weighted by molar-refractivity contribution is 7.22. The average molecular weight is 357 g/mol. The number of aliphatic hydroxyl groups excluding tert-OH is 1. The number of hydrogen-bond donors (Lipinski definition) is 2. The zero-order valence-electron chi connectivity index (χ0n) is 13.6. The molecule has 0 saturated carbocycles. The molecule has 2 amide bonds. The maximum atomic E-state index is 12.4. The largest absolute Gasteiger partial charge is 0.508 e. The summed E-state index contributed by atoms with van der Waals surface area (Å²) in [6.45, 7) is 5.19. The molecule has 0 radical (unpaired) electrons. The van der Waals surface area contributed by atoms with Crippen LogP contribution in [0.1, 0.15) is 11.1 Å². The van der Waals surface area contributed by atoms with Gasteiger partial charge in [-0.15, -0.1) is 11.3 Å². The summed E-state index contributed by atoms with van der Waals surface area (Å²) in [4.78, 5) is 29.6. The van der Waals surface area contributed by atoms with Gasteiger partial charge in [0, 0.05) is 31.2 Å². The molecule has 128 valence electrons. The van der Waals surface area contributed by atoms with E-state index in [9.17, 15) is 14.7 Å². The first-order valence-corrected chi connectivity index (χ1v) is 8.09. The van der Waals surface area contributed by atoms with Crippen molar-refractivity contribution < 1.29 is 14.3 Å². The van der Waals surface area contributed by atoms with Crippen LogP contribution in [0.25, 0.3) is 16.0 Å². The molecule has 0 fully saturated rings. The van der Waals surface area contributed by atoms with Crippen LogP contribution < -0.4 is 15.8 Å². The Balaban J connectivity index is 1.90. The van der Waals surface area contributed by atoms with E-state index in [1.807, 2.05) is 6.92 Å². The Kier molecular flexibility index (Phi) is 4.28. The van der Waals surface area contributed by atoms with Crippen LogP contribution in [0.2, 0.25) is 0 Å². The van der Waals surface area contributed by atoms with Crippen molar-refractivity contribution in [1.82, 2.24) is 4.98 Å². The van der Waals surface area contributed by atoms with Crippen molar-refractivity contribution in [2.45, 2.75) is 6.92 Å². The van der Waals surface area contributed by atoms with E-state index in [1.54, 1.807) is 31.6 Å². The quantitative estimate of drug-likeness (QED) is 0.696. The maximum absolute atomic E-state index is 12.4. The van der Waals surface area contributed by atoms with Gasteiger partial charge in [0.05, 0.1) is 4.70 Å². The van der Waals surface area contributed by atoms with Crippen LogP contribution in [-0.2, 0) is 0 Å². The van der Waals surface area contributed by atoms with Crippen LogP contribution in [0, 0.1) is 6.92 Å². The van der Waals surface area contributed by atoms with E-state index in [2.05, 4.69) is 16.9 Å². The lowest BCUT2D eigenvalue weighted by atomic mass is 10.2. The topological polar surface area (TPSA) is 95.7 Å². The number of nitrogens with zero attached hydrogens (tertiary/aromatic N) is 2. The SMILES string of the molecule is C=C(O)c1cc2sc(N(C)C(=O)Nc3ccncc3C)cc2oc1=O. The minimum Gasteiger partial charge on any atom is -0.508 e. The third kappa shape index (κ3) is 3.24. The third-order valence-electron chi connectivity index (χ3n) is 3.62. The molecule has 0 bridgehead atoms. The van der Waals surface area contributed by atoms with Crippen molar-refractivity contribution in [3.8, 4) is 0 Å². The number of carbonyl (C=O) groups is 1. The molecule has 7 nitrogen and oxygen atoms in total. The van der Waals surface area contributed by atoms with Gasteiger partial charge < -0.3 is 14.8 Å². The number of aromatic nitrogens is 1. The first-order chi connectivity index (χ1) is 11.9. The van der Waals surface area contributed by atoms with E-state index in [0.717, 1.165) is 5.56 Å². The number of aryl methyl sites for hydroxylation is 1. The number of amides is 2. The molecule has 0 saturated heterocycles. The van der Waals surface area contributed by atoms with Crippen molar-refractivity contribution in [1.29, 1.82) is 0 Å². The minimum absolute atomic E-state index is 0.000384. The van der Waals surface area contributed by atoms with E-state index < -0.39 is 5.63 Å². The summed E-state index contributed by atoms with van der Waals surface area (Å²) in [6, 6.07) is 4.47. The Labute approximate surface area is 146 Å². The Hall–Kier alpha value is -3.13. The fraction of sp³-hybridized carbons (Fsp3) is 0.118. The standard InChI is InChI=1S/C17H15N3O4S/c1-9-8-18-5-4-12(9)19-17(23)20(3)15-7-13-14(25-15)6-11(10(2)21)16(22)24-13/h4-8,21H,2H2,1,3H3,(H,18,19,23). The van der Waals surface area contributed by atoms with E-state index in [-0.39, 0.29) is 17.4 Å². The summed E-state index contributed by atoms with van der Waals surface area (Å²) in [7, 11) is 1.61. The lowest BCUT2D eigenvalue weighted by molar-refractivity contribution is 0.258. The molecule has 0 spiro atoms. The summed E-state index contributed by atoms with van der Waals surface area (Å²) in [6.07, 6.45) is 3.26. The van der Waals surface area contributed by atoms with Crippen LogP contribution in [0.15, 0.2) is 46.4 Å². The van der Waals surface area contributed by atoms with Crippen molar-refractivity contribution in [3.05, 3.63) is 58.7 Å². The van der Waals surface area contributed by atoms with Gasteiger partial charge in [-0.25, -0.2) is 9.59 Å². The van der Waals surface area contributed by atoms with Crippen LogP contribution in [-0.4, -0.2) is 23.2 Å². The summed E-state index contributed by atoms with van der Waals surface area (Å²) < 4.78 is 5.79. The van der Waals surface area contributed by atoms with Gasteiger partial charge in [-0.05, 0) is 24.6 Å². The van der Waals surface area contributed by atoms with Gasteiger partial charge >= 0.3 is 11.7 Å². The van der Waals surface area contributed by atoms with Crippen LogP contribution in [0.4, 0.5) is 15.5 Å². The molecule has 2 N–H and O–H groups in total. The van der Waals surface area contributed by atoms with Gasteiger partial charge in [0.2, 0.25) is 0 Å². The first kappa shape index (κ1) is 16.7. The summed E-state index contributed by atoms with van der Waals surface area (Å²) in [5.74, 6) is -0.357. The number of anilines is 2. The number of nitrogens with one attached hydrogen (secondary N) is 1. The highest BCUT2D eigenvalue weighted by Gasteiger charge is 2.17. The van der Waals surface area contributed by atoms with E-state index in [4.69, 9.17) is 4.42 Å². The highest BCUT2D eigenvalue weighted by atomic mass is 32.1. The fourth-order valence-corrected chi connectivity index (χ4v) is 3.17. The molecule has 0 aliphatic carbocycles. The number of aliphatic hydroxyl groups is 1. The van der Waals surface area contributed by atoms with Crippen LogP contribution in [0.5, 0.6) is 0 Å². The molecule has 3 rings (SSSR count). The normalized spacial score (nSPS) is 10.6. The second kappa shape index (κ2) is 6.40. The summed E-state index contributed by atoms with van der Waals surface area (Å²) in [5.41, 5.74) is 1.18. The Bertz CT molecular complexity index is 1040. The minimum atomic E-state index is -0.677. The van der Waals surface area contributed by atoms with Crippen molar-refractivity contribution in [3.63, 3.8) is 0 Å². The molecule has 8 heteroatoms. The smallest absolute Gasteiger partial charge is 0.347 e. The number of urea groups is 1. The molecule has 0 aromatic carbocycles. The summed E-state index contributed by atoms with van der Waals surface area (Å²) >= 11 is 1.26. The van der Waals surface area contributed by atoms with Gasteiger partial charge in [0.15, 0.2) is 5.58 Å². The predicted octanol–water partition coefficient (Wildman–Crippen LogP) is 3.75. The molecular formula is C17H15N3O4S. The molecule has 3 aromatic heterocycles. The lowest BCUT2D eigenvalue weighted by Crippen LogP contribution is -2.30. The summed E-state index contributed by atoms with van der Waals surface area (Å²) in [5, 5.41) is 12.8. The molecule has 0 aliphatic heterocycles. The van der Waals surface area contributed by atoms with Gasteiger partial charge in [0.25, 0.3) is 0 Å². The number of rotatable bonds is 3. The monoisotopic (exact) mass is 357 g/mol. The molecule has 0 aliphatic rings. The Morgan fingerprint density at radius 1 is 1.44 bits per heavy atom. The van der Waals surface area contributed by atoms with E-state index in [0.29, 0.717) is 21.0 Å². The van der Waals surface area contributed by atoms with Gasteiger partial charge in [-0.3, -0.25) is 9.88 Å².